The molecule has 0 spiro atoms. The van der Waals surface area contributed by atoms with E-state index in [0.717, 1.165) is 17.8 Å². The Morgan fingerprint density at radius 2 is 1.68 bits per heavy atom. The largest absolute Gasteiger partial charge is 0.461 e. The van der Waals surface area contributed by atoms with Crippen molar-refractivity contribution in [2.75, 3.05) is 24.6 Å². The molecule has 2 aromatic carbocycles. The Balaban J connectivity index is 1.78. The van der Waals surface area contributed by atoms with Gasteiger partial charge in [0.25, 0.3) is 0 Å². The van der Waals surface area contributed by atoms with E-state index in [1.807, 2.05) is 48.5 Å². The number of hydrogen-bond acceptors (Lipinski definition) is 3. The number of para-hydroxylation sites is 1. The van der Waals surface area contributed by atoms with Crippen molar-refractivity contribution in [2.45, 2.75) is 6.92 Å². The summed E-state index contributed by atoms with van der Waals surface area (Å²) in [5.41, 5.74) is 2.12. The number of anilines is 1. The zero-order chi connectivity index (χ0) is 15.6. The maximum absolute atomic E-state index is 11.7. The third-order valence-corrected chi connectivity index (χ3v) is 3.32. The van der Waals surface area contributed by atoms with Crippen molar-refractivity contribution in [3.8, 4) is 0 Å². The quantitative estimate of drug-likeness (QED) is 0.575. The Bertz CT molecular complexity index is 593. The summed E-state index contributed by atoms with van der Waals surface area (Å²) < 4.78 is 5.25. The SMILES string of the molecule is CCN(CCOC(=O)/C=C/c1ccccc1)c1ccccc1. The zero-order valence-corrected chi connectivity index (χ0v) is 12.8. The normalized spacial score (nSPS) is 10.6. The molecule has 0 fully saturated rings. The van der Waals surface area contributed by atoms with E-state index in [9.17, 15) is 4.79 Å². The van der Waals surface area contributed by atoms with Crippen molar-refractivity contribution >= 4 is 17.7 Å². The van der Waals surface area contributed by atoms with E-state index < -0.39 is 0 Å². The molecule has 3 heteroatoms. The van der Waals surface area contributed by atoms with E-state index >= 15 is 0 Å². The van der Waals surface area contributed by atoms with E-state index in [0.29, 0.717) is 13.2 Å². The highest BCUT2D eigenvalue weighted by Crippen LogP contribution is 2.12. The molecule has 0 saturated carbocycles. The first-order valence-electron chi connectivity index (χ1n) is 7.49. The predicted octanol–water partition coefficient (Wildman–Crippen LogP) is 3.77. The summed E-state index contributed by atoms with van der Waals surface area (Å²) in [5, 5.41) is 0. The molecule has 22 heavy (non-hydrogen) atoms. The van der Waals surface area contributed by atoms with Gasteiger partial charge in [0, 0.05) is 18.3 Å². The Labute approximate surface area is 131 Å². The molecule has 0 aliphatic carbocycles. The van der Waals surface area contributed by atoms with Gasteiger partial charge in [-0.25, -0.2) is 4.79 Å². The molecule has 0 radical (unpaired) electrons. The number of benzene rings is 2. The van der Waals surface area contributed by atoms with Crippen LogP contribution < -0.4 is 4.90 Å². The summed E-state index contributed by atoms with van der Waals surface area (Å²) in [6.45, 7) is 4.03. The van der Waals surface area contributed by atoms with Crippen LogP contribution in [0.1, 0.15) is 12.5 Å². The van der Waals surface area contributed by atoms with Crippen LogP contribution in [0.3, 0.4) is 0 Å². The Kier molecular flexibility index (Phi) is 6.24. The van der Waals surface area contributed by atoms with Crippen LogP contribution >= 0.6 is 0 Å². The van der Waals surface area contributed by atoms with Gasteiger partial charge in [0.15, 0.2) is 0 Å². The first-order chi connectivity index (χ1) is 10.8. The maximum atomic E-state index is 11.7. The fourth-order valence-corrected chi connectivity index (χ4v) is 2.14. The molecule has 0 aliphatic heterocycles. The highest BCUT2D eigenvalue weighted by molar-refractivity contribution is 5.87. The second kappa shape index (κ2) is 8.67. The first-order valence-corrected chi connectivity index (χ1v) is 7.49. The molecular weight excluding hydrogens is 274 g/mol. The molecular formula is C19H21NO2. The number of nitrogens with zero attached hydrogens (tertiary/aromatic N) is 1. The van der Waals surface area contributed by atoms with Gasteiger partial charge in [0.1, 0.15) is 6.61 Å². The van der Waals surface area contributed by atoms with Gasteiger partial charge in [-0.3, -0.25) is 0 Å². The minimum atomic E-state index is -0.312. The number of hydrogen-bond donors (Lipinski definition) is 0. The third kappa shape index (κ3) is 5.09. The van der Waals surface area contributed by atoms with E-state index in [-0.39, 0.29) is 5.97 Å². The second-order valence-electron chi connectivity index (χ2n) is 4.83. The Hall–Kier alpha value is -2.55. The van der Waals surface area contributed by atoms with Crippen molar-refractivity contribution in [2.24, 2.45) is 0 Å². The lowest BCUT2D eigenvalue weighted by Crippen LogP contribution is -2.27. The van der Waals surface area contributed by atoms with Crippen molar-refractivity contribution in [3.05, 3.63) is 72.3 Å². The summed E-state index contributed by atoms with van der Waals surface area (Å²) >= 11 is 0. The Morgan fingerprint density at radius 3 is 2.32 bits per heavy atom. The topological polar surface area (TPSA) is 29.5 Å². The van der Waals surface area contributed by atoms with Crippen LogP contribution in [-0.4, -0.2) is 25.7 Å². The van der Waals surface area contributed by atoms with E-state index in [4.69, 9.17) is 4.74 Å². The lowest BCUT2D eigenvalue weighted by Gasteiger charge is -2.22. The number of ether oxygens (including phenoxy) is 1. The number of likely N-dealkylation sites (N-methyl/N-ethyl adjacent to an activating group) is 1. The van der Waals surface area contributed by atoms with Gasteiger partial charge in [-0.2, -0.15) is 0 Å². The average molecular weight is 295 g/mol. The highest BCUT2D eigenvalue weighted by atomic mass is 16.5. The monoisotopic (exact) mass is 295 g/mol. The van der Waals surface area contributed by atoms with Gasteiger partial charge in [0.2, 0.25) is 0 Å². The fourth-order valence-electron chi connectivity index (χ4n) is 2.14. The lowest BCUT2D eigenvalue weighted by molar-refractivity contribution is -0.137. The smallest absolute Gasteiger partial charge is 0.330 e. The van der Waals surface area contributed by atoms with E-state index in [1.54, 1.807) is 6.08 Å². The molecule has 3 nitrogen and oxygen atoms in total. The first kappa shape index (κ1) is 15.8. The Morgan fingerprint density at radius 1 is 1.05 bits per heavy atom. The maximum Gasteiger partial charge on any atom is 0.330 e. The lowest BCUT2D eigenvalue weighted by atomic mass is 10.2. The fraction of sp³-hybridized carbons (Fsp3) is 0.211. The van der Waals surface area contributed by atoms with Gasteiger partial charge in [-0.1, -0.05) is 48.5 Å². The molecule has 0 heterocycles. The van der Waals surface area contributed by atoms with Crippen LogP contribution in [0.2, 0.25) is 0 Å². The second-order valence-corrected chi connectivity index (χ2v) is 4.83. The van der Waals surface area contributed by atoms with Crippen molar-refractivity contribution in [3.63, 3.8) is 0 Å². The standard InChI is InChI=1S/C19H21NO2/c1-2-20(18-11-7-4-8-12-18)15-16-22-19(21)14-13-17-9-5-3-6-10-17/h3-14H,2,15-16H2,1H3/b14-13+. The molecule has 0 bridgehead atoms. The molecule has 0 atom stereocenters. The van der Waals surface area contributed by atoms with Gasteiger partial charge in [0.05, 0.1) is 6.54 Å². The van der Waals surface area contributed by atoms with Crippen molar-refractivity contribution in [1.29, 1.82) is 0 Å². The molecule has 2 aromatic rings. The van der Waals surface area contributed by atoms with Crippen LogP contribution in [0, 0.1) is 0 Å². The highest BCUT2D eigenvalue weighted by Gasteiger charge is 2.04. The van der Waals surface area contributed by atoms with E-state index in [2.05, 4.69) is 24.0 Å². The molecule has 114 valence electrons. The van der Waals surface area contributed by atoms with Gasteiger partial charge in [-0.15, -0.1) is 0 Å². The van der Waals surface area contributed by atoms with Crippen LogP contribution in [0.5, 0.6) is 0 Å². The molecule has 0 N–H and O–H groups in total. The van der Waals surface area contributed by atoms with Crippen molar-refractivity contribution < 1.29 is 9.53 Å². The predicted molar refractivity (Wildman–Crippen MR) is 90.8 cm³/mol. The van der Waals surface area contributed by atoms with Crippen molar-refractivity contribution in [1.82, 2.24) is 0 Å². The number of carbonyl (C=O) groups is 1. The molecule has 0 aromatic heterocycles. The van der Waals surface area contributed by atoms with Crippen LogP contribution in [-0.2, 0) is 9.53 Å². The molecule has 0 unspecified atom stereocenters. The summed E-state index contributed by atoms with van der Waals surface area (Å²) in [4.78, 5) is 13.9. The summed E-state index contributed by atoms with van der Waals surface area (Å²) in [6.07, 6.45) is 3.23. The van der Waals surface area contributed by atoms with Gasteiger partial charge >= 0.3 is 5.97 Å². The third-order valence-electron chi connectivity index (χ3n) is 3.32. The zero-order valence-electron chi connectivity index (χ0n) is 12.8. The number of carbonyl (C=O) groups excluding carboxylic acids is 1. The number of rotatable bonds is 7. The van der Waals surface area contributed by atoms with Crippen LogP contribution in [0.15, 0.2) is 66.7 Å². The summed E-state index contributed by atoms with van der Waals surface area (Å²) in [5.74, 6) is -0.312. The molecule has 2 rings (SSSR count). The minimum absolute atomic E-state index is 0.312. The molecule has 0 aliphatic rings. The van der Waals surface area contributed by atoms with Gasteiger partial charge < -0.3 is 9.64 Å². The minimum Gasteiger partial charge on any atom is -0.461 e. The van der Waals surface area contributed by atoms with Crippen LogP contribution in [0.4, 0.5) is 5.69 Å². The molecule has 0 amide bonds. The number of esters is 1. The summed E-state index contributed by atoms with van der Waals surface area (Å²) in [7, 11) is 0. The van der Waals surface area contributed by atoms with E-state index in [1.165, 1.54) is 6.08 Å². The summed E-state index contributed by atoms with van der Waals surface area (Å²) in [6, 6.07) is 19.8. The molecule has 0 saturated heterocycles. The van der Waals surface area contributed by atoms with Gasteiger partial charge in [-0.05, 0) is 30.7 Å². The van der Waals surface area contributed by atoms with Crippen LogP contribution in [0.25, 0.3) is 6.08 Å². The average Bonchev–Trinajstić information content (AvgIpc) is 2.58.